The highest BCUT2D eigenvalue weighted by atomic mass is 16.7. The number of hydrogen-bond acceptors (Lipinski definition) is 7. The van der Waals surface area contributed by atoms with Gasteiger partial charge in [-0.15, -0.1) is 0 Å². The molecule has 0 saturated carbocycles. The third kappa shape index (κ3) is 10.1. The molecule has 0 aromatic heterocycles. The fraction of sp³-hybridized carbons (Fsp3) is 0.714. The van der Waals surface area contributed by atoms with Gasteiger partial charge in [0.2, 0.25) is 5.96 Å². The number of nitrogens with zero attached hydrogens (tertiary/aromatic N) is 1. The van der Waals surface area contributed by atoms with Gasteiger partial charge in [0.05, 0.1) is 25.7 Å². The molecule has 132 valence electrons. The van der Waals surface area contributed by atoms with Crippen molar-refractivity contribution in [3.8, 4) is 0 Å². The smallest absolute Gasteiger partial charge is 0.414 e. The minimum atomic E-state index is -0.820. The zero-order valence-corrected chi connectivity index (χ0v) is 14.0. The number of alkyl carbamates (subject to hydrolysis) is 1. The van der Waals surface area contributed by atoms with Crippen LogP contribution >= 0.6 is 0 Å². The van der Waals surface area contributed by atoms with Gasteiger partial charge >= 0.3 is 18.0 Å². The first-order chi connectivity index (χ1) is 10.8. The molecule has 0 aromatic rings. The number of esters is 1. The molecule has 1 amide bonds. The first-order valence-electron chi connectivity index (χ1n) is 7.42. The molecule has 0 aliphatic heterocycles. The van der Waals surface area contributed by atoms with E-state index in [2.05, 4.69) is 5.32 Å². The Bertz CT molecular complexity index is 425. The van der Waals surface area contributed by atoms with E-state index in [0.29, 0.717) is 12.8 Å². The van der Waals surface area contributed by atoms with Crippen LogP contribution in [0.4, 0.5) is 4.79 Å². The lowest BCUT2D eigenvalue weighted by molar-refractivity contribution is -0.170. The van der Waals surface area contributed by atoms with Gasteiger partial charge in [-0.25, -0.2) is 4.79 Å². The number of unbranched alkanes of at least 4 members (excludes halogenated alkanes) is 1. The van der Waals surface area contributed by atoms with Crippen molar-refractivity contribution in [2.45, 2.75) is 40.5 Å². The van der Waals surface area contributed by atoms with Crippen molar-refractivity contribution >= 4 is 24.0 Å². The van der Waals surface area contributed by atoms with Gasteiger partial charge in [-0.2, -0.15) is 5.06 Å². The van der Waals surface area contributed by atoms with Crippen LogP contribution in [0.2, 0.25) is 0 Å². The Morgan fingerprint density at radius 3 is 2.17 bits per heavy atom. The molecular weight excluding hydrogens is 306 g/mol. The van der Waals surface area contributed by atoms with Crippen LogP contribution in [0.25, 0.3) is 0 Å². The standard InChI is InChI=1S/C14H25N3O6/c1-5-17(23-11(4)18)13(15)16-14(20)22-9-7-6-8-21-12(19)10(2)3/h10H,5-9H2,1-4H3,(H2,15,16,20). The Kier molecular flexibility index (Phi) is 10.1. The molecule has 0 fully saturated rings. The van der Waals surface area contributed by atoms with Crippen LogP contribution in [0.5, 0.6) is 0 Å². The lowest BCUT2D eigenvalue weighted by atomic mass is 10.2. The van der Waals surface area contributed by atoms with Gasteiger partial charge in [-0.05, 0) is 19.8 Å². The van der Waals surface area contributed by atoms with E-state index in [0.717, 1.165) is 5.06 Å². The molecule has 0 spiro atoms. The molecule has 0 aliphatic rings. The minimum absolute atomic E-state index is 0.123. The fourth-order valence-electron chi connectivity index (χ4n) is 1.33. The van der Waals surface area contributed by atoms with E-state index in [9.17, 15) is 14.4 Å². The highest BCUT2D eigenvalue weighted by Gasteiger charge is 2.14. The predicted octanol–water partition coefficient (Wildman–Crippen LogP) is 1.43. The third-order valence-corrected chi connectivity index (χ3v) is 2.48. The Morgan fingerprint density at radius 1 is 1.13 bits per heavy atom. The fourth-order valence-corrected chi connectivity index (χ4v) is 1.33. The summed E-state index contributed by atoms with van der Waals surface area (Å²) in [5.41, 5.74) is 0. The quantitative estimate of drug-likeness (QED) is 0.238. The minimum Gasteiger partial charge on any atom is -0.465 e. The highest BCUT2D eigenvalue weighted by molar-refractivity contribution is 5.92. The summed E-state index contributed by atoms with van der Waals surface area (Å²) in [5.74, 6) is -1.41. The molecule has 23 heavy (non-hydrogen) atoms. The van der Waals surface area contributed by atoms with E-state index < -0.39 is 18.0 Å². The lowest BCUT2D eigenvalue weighted by Crippen LogP contribution is -2.44. The summed E-state index contributed by atoms with van der Waals surface area (Å²) >= 11 is 0. The normalized spacial score (nSPS) is 9.96. The number of rotatable bonds is 7. The second kappa shape index (κ2) is 11.3. The molecule has 0 aliphatic carbocycles. The van der Waals surface area contributed by atoms with Crippen LogP contribution in [0.15, 0.2) is 0 Å². The first kappa shape index (κ1) is 20.7. The van der Waals surface area contributed by atoms with E-state index in [1.54, 1.807) is 20.8 Å². The lowest BCUT2D eigenvalue weighted by Gasteiger charge is -2.20. The van der Waals surface area contributed by atoms with Crippen molar-refractivity contribution < 1.29 is 28.7 Å². The number of guanidine groups is 1. The van der Waals surface area contributed by atoms with Crippen LogP contribution < -0.4 is 5.32 Å². The molecule has 0 rings (SSSR count). The molecule has 9 nitrogen and oxygen atoms in total. The zero-order valence-electron chi connectivity index (χ0n) is 14.0. The maximum absolute atomic E-state index is 11.5. The number of carbonyl (C=O) groups is 3. The second-order valence-corrected chi connectivity index (χ2v) is 4.92. The van der Waals surface area contributed by atoms with Crippen molar-refractivity contribution in [1.29, 1.82) is 5.41 Å². The Labute approximate surface area is 135 Å². The summed E-state index contributed by atoms with van der Waals surface area (Å²) in [7, 11) is 0. The summed E-state index contributed by atoms with van der Waals surface area (Å²) in [6, 6.07) is 0. The number of hydrogen-bond donors (Lipinski definition) is 2. The number of nitrogens with one attached hydrogen (secondary N) is 2. The van der Waals surface area contributed by atoms with Gasteiger partial charge in [0, 0.05) is 6.92 Å². The van der Waals surface area contributed by atoms with Gasteiger partial charge in [0.1, 0.15) is 0 Å². The SMILES string of the molecule is CCN(OC(C)=O)C(=N)NC(=O)OCCCCOC(=O)C(C)C. The Balaban J connectivity index is 3.84. The topological polar surface area (TPSA) is 118 Å². The average Bonchev–Trinajstić information content (AvgIpc) is 2.47. The molecule has 0 unspecified atom stereocenters. The van der Waals surface area contributed by atoms with Crippen LogP contribution in [0, 0.1) is 11.3 Å². The molecule has 0 bridgehead atoms. The second-order valence-electron chi connectivity index (χ2n) is 4.92. The highest BCUT2D eigenvalue weighted by Crippen LogP contribution is 1.99. The molecular formula is C14H25N3O6. The van der Waals surface area contributed by atoms with Crippen molar-refractivity contribution in [2.75, 3.05) is 19.8 Å². The van der Waals surface area contributed by atoms with Crippen molar-refractivity contribution in [1.82, 2.24) is 10.4 Å². The van der Waals surface area contributed by atoms with E-state index in [1.165, 1.54) is 6.92 Å². The molecule has 0 heterocycles. The number of ether oxygens (including phenoxy) is 2. The third-order valence-electron chi connectivity index (χ3n) is 2.48. The van der Waals surface area contributed by atoms with Gasteiger partial charge in [0.15, 0.2) is 0 Å². The van der Waals surface area contributed by atoms with E-state index in [1.807, 2.05) is 0 Å². The maximum atomic E-state index is 11.5. The Hall–Kier alpha value is -2.32. The van der Waals surface area contributed by atoms with Gasteiger partial charge in [-0.3, -0.25) is 20.3 Å². The number of amides is 1. The van der Waals surface area contributed by atoms with E-state index in [4.69, 9.17) is 19.7 Å². The van der Waals surface area contributed by atoms with Gasteiger partial charge in [-0.1, -0.05) is 13.8 Å². The maximum Gasteiger partial charge on any atom is 0.414 e. The van der Waals surface area contributed by atoms with Crippen molar-refractivity contribution in [3.05, 3.63) is 0 Å². The summed E-state index contributed by atoms with van der Waals surface area (Å²) in [4.78, 5) is 38.2. The first-order valence-corrected chi connectivity index (χ1v) is 7.42. The number of hydroxylamine groups is 2. The zero-order chi connectivity index (χ0) is 17.8. The van der Waals surface area contributed by atoms with Crippen LogP contribution in [-0.2, 0) is 23.9 Å². The van der Waals surface area contributed by atoms with Gasteiger partial charge in [0.25, 0.3) is 0 Å². The van der Waals surface area contributed by atoms with E-state index in [-0.39, 0.29) is 31.6 Å². The largest absolute Gasteiger partial charge is 0.465 e. The predicted molar refractivity (Wildman–Crippen MR) is 81.4 cm³/mol. The molecule has 0 aromatic carbocycles. The van der Waals surface area contributed by atoms with Crippen LogP contribution in [0.3, 0.4) is 0 Å². The van der Waals surface area contributed by atoms with Crippen molar-refractivity contribution in [2.24, 2.45) is 5.92 Å². The van der Waals surface area contributed by atoms with E-state index >= 15 is 0 Å². The monoisotopic (exact) mass is 331 g/mol. The summed E-state index contributed by atoms with van der Waals surface area (Å²) < 4.78 is 9.84. The summed E-state index contributed by atoms with van der Waals surface area (Å²) in [5, 5.41) is 10.7. The summed E-state index contributed by atoms with van der Waals surface area (Å²) in [6.07, 6.45) is 0.269. The van der Waals surface area contributed by atoms with Crippen LogP contribution in [-0.4, -0.2) is 48.8 Å². The molecule has 0 saturated heterocycles. The van der Waals surface area contributed by atoms with Crippen molar-refractivity contribution in [3.63, 3.8) is 0 Å². The Morgan fingerprint density at radius 2 is 1.70 bits per heavy atom. The summed E-state index contributed by atoms with van der Waals surface area (Å²) in [6.45, 7) is 6.95. The molecule has 0 atom stereocenters. The average molecular weight is 331 g/mol. The molecule has 2 N–H and O–H groups in total. The van der Waals surface area contributed by atoms with Gasteiger partial charge < -0.3 is 14.3 Å². The number of carbonyl (C=O) groups excluding carboxylic acids is 3. The molecule has 9 heteroatoms. The van der Waals surface area contributed by atoms with Crippen LogP contribution in [0.1, 0.15) is 40.5 Å². The molecule has 0 radical (unpaired) electrons.